The summed E-state index contributed by atoms with van der Waals surface area (Å²) >= 11 is 1.56. The summed E-state index contributed by atoms with van der Waals surface area (Å²) in [5, 5.41) is 2.82. The fourth-order valence-electron chi connectivity index (χ4n) is 3.07. The number of hydrogen-bond donors (Lipinski definition) is 0. The molecular formula is C20H23N3O2S. The van der Waals surface area contributed by atoms with E-state index in [1.54, 1.807) is 29.5 Å². The third-order valence-electron chi connectivity index (χ3n) is 4.77. The Morgan fingerprint density at radius 3 is 2.54 bits per heavy atom. The molecular weight excluding hydrogens is 346 g/mol. The number of ether oxygens (including phenoxy) is 1. The van der Waals surface area contributed by atoms with Crippen LogP contribution in [-0.2, 0) is 0 Å². The van der Waals surface area contributed by atoms with Gasteiger partial charge < -0.3 is 9.64 Å². The summed E-state index contributed by atoms with van der Waals surface area (Å²) in [4.78, 5) is 19.3. The highest BCUT2D eigenvalue weighted by Crippen LogP contribution is 2.27. The Morgan fingerprint density at radius 2 is 1.96 bits per heavy atom. The predicted octanol–water partition coefficient (Wildman–Crippen LogP) is 4.39. The van der Waals surface area contributed by atoms with Crippen LogP contribution in [0, 0.1) is 13.8 Å². The Bertz CT molecular complexity index is 898. The molecule has 26 heavy (non-hydrogen) atoms. The van der Waals surface area contributed by atoms with Gasteiger partial charge in [0.25, 0.3) is 5.91 Å². The molecule has 0 spiro atoms. The van der Waals surface area contributed by atoms with Gasteiger partial charge in [-0.15, -0.1) is 11.3 Å². The van der Waals surface area contributed by atoms with E-state index in [4.69, 9.17) is 4.74 Å². The molecule has 0 saturated heterocycles. The van der Waals surface area contributed by atoms with E-state index < -0.39 is 0 Å². The van der Waals surface area contributed by atoms with Crippen molar-refractivity contribution in [2.75, 3.05) is 14.2 Å². The van der Waals surface area contributed by atoms with E-state index in [1.165, 1.54) is 0 Å². The number of thiazole rings is 1. The molecule has 0 aliphatic carbocycles. The minimum Gasteiger partial charge on any atom is -0.497 e. The van der Waals surface area contributed by atoms with Gasteiger partial charge in [-0.25, -0.2) is 4.98 Å². The molecule has 2 heterocycles. The van der Waals surface area contributed by atoms with E-state index in [0.29, 0.717) is 5.56 Å². The van der Waals surface area contributed by atoms with E-state index in [9.17, 15) is 4.79 Å². The normalized spacial score (nSPS) is 12.0. The van der Waals surface area contributed by atoms with Crippen LogP contribution in [0.4, 0.5) is 0 Å². The van der Waals surface area contributed by atoms with Gasteiger partial charge >= 0.3 is 0 Å². The monoisotopic (exact) mass is 369 g/mol. The maximum atomic E-state index is 13.1. The van der Waals surface area contributed by atoms with Gasteiger partial charge in [-0.05, 0) is 44.5 Å². The molecule has 6 heteroatoms. The largest absolute Gasteiger partial charge is 0.497 e. The fourth-order valence-corrected chi connectivity index (χ4v) is 3.82. The smallest absolute Gasteiger partial charge is 0.255 e. The number of benzene rings is 1. The van der Waals surface area contributed by atoms with Gasteiger partial charge in [-0.3, -0.25) is 9.36 Å². The van der Waals surface area contributed by atoms with Crippen LogP contribution < -0.4 is 4.74 Å². The van der Waals surface area contributed by atoms with Gasteiger partial charge in [0.15, 0.2) is 5.13 Å². The molecule has 0 aliphatic rings. The highest BCUT2D eigenvalue weighted by Gasteiger charge is 2.24. The quantitative estimate of drug-likeness (QED) is 0.670. The number of rotatable bonds is 5. The summed E-state index contributed by atoms with van der Waals surface area (Å²) in [6, 6.07) is 9.71. The average Bonchev–Trinajstić information content (AvgIpc) is 3.27. The Labute approximate surface area is 157 Å². The summed E-state index contributed by atoms with van der Waals surface area (Å²) in [7, 11) is 3.49. The zero-order chi connectivity index (χ0) is 18.8. The third-order valence-corrected chi connectivity index (χ3v) is 5.53. The van der Waals surface area contributed by atoms with Crippen molar-refractivity contribution >= 4 is 17.2 Å². The third kappa shape index (κ3) is 3.24. The molecule has 0 N–H and O–H groups in total. The maximum Gasteiger partial charge on any atom is 0.255 e. The second kappa shape index (κ2) is 7.33. The second-order valence-electron chi connectivity index (χ2n) is 6.30. The van der Waals surface area contributed by atoms with Gasteiger partial charge in [0.2, 0.25) is 0 Å². The molecule has 0 aliphatic heterocycles. The topological polar surface area (TPSA) is 47.4 Å². The number of aryl methyl sites for hydroxylation is 1. The lowest BCUT2D eigenvalue weighted by atomic mass is 10.1. The molecule has 3 aromatic rings. The van der Waals surface area contributed by atoms with Crippen LogP contribution in [0.2, 0.25) is 0 Å². The first-order chi connectivity index (χ1) is 12.4. The molecule has 1 atom stereocenters. The minimum absolute atomic E-state index is 0.00391. The summed E-state index contributed by atoms with van der Waals surface area (Å²) < 4.78 is 7.24. The molecule has 0 saturated carbocycles. The molecule has 1 unspecified atom stereocenters. The van der Waals surface area contributed by atoms with Crippen molar-refractivity contribution in [3.05, 3.63) is 64.4 Å². The Morgan fingerprint density at radius 1 is 1.27 bits per heavy atom. The van der Waals surface area contributed by atoms with E-state index in [1.807, 2.05) is 68.1 Å². The number of hydrogen-bond acceptors (Lipinski definition) is 4. The number of carbonyl (C=O) groups excluding carboxylic acids is 1. The van der Waals surface area contributed by atoms with E-state index in [-0.39, 0.29) is 11.9 Å². The summed E-state index contributed by atoms with van der Waals surface area (Å²) in [5.74, 6) is 0.811. The zero-order valence-corrected chi connectivity index (χ0v) is 16.5. The van der Waals surface area contributed by atoms with Crippen LogP contribution in [0.25, 0.3) is 5.13 Å². The van der Waals surface area contributed by atoms with Crippen LogP contribution in [-0.4, -0.2) is 34.5 Å². The van der Waals surface area contributed by atoms with Crippen molar-refractivity contribution < 1.29 is 9.53 Å². The molecule has 2 aromatic heterocycles. The zero-order valence-electron chi connectivity index (χ0n) is 15.7. The van der Waals surface area contributed by atoms with Crippen LogP contribution in [0.15, 0.2) is 41.9 Å². The van der Waals surface area contributed by atoms with E-state index >= 15 is 0 Å². The second-order valence-corrected chi connectivity index (χ2v) is 7.17. The van der Waals surface area contributed by atoms with Crippen LogP contribution in [0.3, 0.4) is 0 Å². The molecule has 1 amide bonds. The molecule has 0 bridgehead atoms. The number of aromatic nitrogens is 2. The lowest BCUT2D eigenvalue weighted by molar-refractivity contribution is 0.0742. The van der Waals surface area contributed by atoms with Crippen molar-refractivity contribution in [1.29, 1.82) is 0 Å². The van der Waals surface area contributed by atoms with Gasteiger partial charge in [-0.1, -0.05) is 12.1 Å². The number of nitrogens with zero attached hydrogens (tertiary/aromatic N) is 3. The fraction of sp³-hybridized carbons (Fsp3) is 0.300. The highest BCUT2D eigenvalue weighted by atomic mass is 32.1. The average molecular weight is 369 g/mol. The lowest BCUT2D eigenvalue weighted by Crippen LogP contribution is -2.30. The number of amides is 1. The molecule has 1 aromatic carbocycles. The Kier molecular flexibility index (Phi) is 5.13. The molecule has 136 valence electrons. The van der Waals surface area contributed by atoms with E-state index in [2.05, 4.69) is 4.98 Å². The number of methoxy groups -OCH3 is 1. The molecule has 0 fully saturated rings. The van der Waals surface area contributed by atoms with Gasteiger partial charge in [0.05, 0.1) is 18.7 Å². The standard InChI is InChI=1S/C20H23N3O2S/c1-13-12-18(15(3)23(13)20-21-10-11-26-20)19(24)22(4)14(2)16-6-8-17(25-5)9-7-16/h6-12,14H,1-5H3. The summed E-state index contributed by atoms with van der Waals surface area (Å²) in [6.07, 6.45) is 1.78. The molecule has 5 nitrogen and oxygen atoms in total. The summed E-state index contributed by atoms with van der Waals surface area (Å²) in [5.41, 5.74) is 3.69. The minimum atomic E-state index is -0.0451. The van der Waals surface area contributed by atoms with Gasteiger partial charge in [0, 0.05) is 30.0 Å². The summed E-state index contributed by atoms with van der Waals surface area (Å²) in [6.45, 7) is 5.99. The lowest BCUT2D eigenvalue weighted by Gasteiger charge is -2.25. The maximum absolute atomic E-state index is 13.1. The Hall–Kier alpha value is -2.60. The first-order valence-corrected chi connectivity index (χ1v) is 9.32. The first kappa shape index (κ1) is 18.2. The van der Waals surface area contributed by atoms with Crippen molar-refractivity contribution in [1.82, 2.24) is 14.5 Å². The van der Waals surface area contributed by atoms with Crippen LogP contribution >= 0.6 is 11.3 Å². The van der Waals surface area contributed by atoms with Gasteiger partial charge in [0.1, 0.15) is 5.75 Å². The van der Waals surface area contributed by atoms with Gasteiger partial charge in [-0.2, -0.15) is 0 Å². The van der Waals surface area contributed by atoms with Crippen LogP contribution in [0.1, 0.15) is 40.3 Å². The van der Waals surface area contributed by atoms with Crippen molar-refractivity contribution in [2.45, 2.75) is 26.8 Å². The van der Waals surface area contributed by atoms with Crippen LogP contribution in [0.5, 0.6) is 5.75 Å². The van der Waals surface area contributed by atoms with Crippen molar-refractivity contribution in [3.8, 4) is 10.9 Å². The van der Waals surface area contributed by atoms with E-state index in [0.717, 1.165) is 27.8 Å². The number of carbonyl (C=O) groups is 1. The van der Waals surface area contributed by atoms with Crippen molar-refractivity contribution in [2.24, 2.45) is 0 Å². The highest BCUT2D eigenvalue weighted by molar-refractivity contribution is 7.12. The predicted molar refractivity (Wildman–Crippen MR) is 104 cm³/mol. The molecule has 0 radical (unpaired) electrons. The van der Waals surface area contributed by atoms with Crippen molar-refractivity contribution in [3.63, 3.8) is 0 Å². The first-order valence-electron chi connectivity index (χ1n) is 8.44. The Balaban J connectivity index is 1.87. The SMILES string of the molecule is COc1ccc(C(C)N(C)C(=O)c2cc(C)n(-c3nccs3)c2C)cc1. The molecule has 3 rings (SSSR count).